The van der Waals surface area contributed by atoms with E-state index < -0.39 is 161 Å². The Bertz CT molecular complexity index is 4700. The molecule has 7 heteroatoms. The molecule has 0 saturated carbocycles. The first-order valence-corrected chi connectivity index (χ1v) is 17.3. The maximum Gasteiger partial charge on any atom is 0.235 e. The lowest BCUT2D eigenvalue weighted by molar-refractivity contribution is 0.993. The Kier molecular flexibility index (Phi) is 3.73. The number of benzene rings is 6. The van der Waals surface area contributed by atoms with Gasteiger partial charge in [-0.15, -0.1) is 0 Å². The number of fused-ring (bicyclic) bond motifs is 9. The van der Waals surface area contributed by atoms with E-state index in [0.717, 1.165) is 10.6 Å². The molecule has 0 unspecified atom stereocenters. The third kappa shape index (κ3) is 4.66. The molecule has 0 aliphatic rings. The zero-order valence-corrected chi connectivity index (χ0v) is 28.9. The first-order valence-electron chi connectivity index (χ1n) is 27.8. The molecule has 0 saturated heterocycles. The van der Waals surface area contributed by atoms with Crippen LogP contribution < -0.4 is 0 Å². The monoisotopic (exact) mass is 750 g/mol. The van der Waals surface area contributed by atoms with Crippen LogP contribution in [0, 0.1) is 0 Å². The molecule has 12 aromatic rings. The van der Waals surface area contributed by atoms with Gasteiger partial charge in [0.15, 0.2) is 0 Å². The van der Waals surface area contributed by atoms with Crippen LogP contribution >= 0.6 is 0 Å². The maximum atomic E-state index is 10.2. The molecular formula is C50H31N7. The van der Waals surface area contributed by atoms with Crippen LogP contribution in [0.25, 0.3) is 105 Å². The highest BCUT2D eigenvalue weighted by Crippen LogP contribution is 2.42. The van der Waals surface area contributed by atoms with Crippen molar-refractivity contribution >= 4 is 65.4 Å². The zero-order chi connectivity index (χ0) is 55.7. The predicted molar refractivity (Wildman–Crippen MR) is 232 cm³/mol. The molecule has 6 aromatic heterocycles. The largest absolute Gasteiger partial charge is 0.306 e. The van der Waals surface area contributed by atoms with Crippen LogP contribution in [0.3, 0.4) is 0 Å². The summed E-state index contributed by atoms with van der Waals surface area (Å²) in [5.74, 6) is -0.649. The standard InChI is InChI=1S/C50H31N7/c1-2-13-32(14-3-1)40-29-41(54-50(53-40)57-44-22-10-6-15-33(44)34-16-7-11-23-45(34)57)39-19-12-24-46(55-42-20-8-4-17-35(42)37-25-27-51-30-47(37)55)49(39)56-43-21-9-5-18-36(43)38-26-28-52-31-48(38)56/h1-31H/i1D,2D,4D,5D,6D,7D,8D,9D,10D,11D,13D,14D,15D,16D,17D,18D,20D,21D,22D,23D,29D. The Morgan fingerprint density at radius 2 is 0.947 bits per heavy atom. The lowest BCUT2D eigenvalue weighted by Crippen LogP contribution is -2.08. The summed E-state index contributed by atoms with van der Waals surface area (Å²) in [7, 11) is 0. The average Bonchev–Trinajstić information content (AvgIpc) is 3.63. The molecule has 57 heavy (non-hydrogen) atoms. The SMILES string of the molecule is [2H]c1cc([2H])c(-c2nc(-n3c4c([2H])c([2H])c([2H])c([2H])c4c4c([2H])c([2H])c([2H])c([2H])c43)nc(-c3cccc(-n4c5cnccc5c5c([2H])c([2H])c([2H])c([2H])c54)c3-n3c4cnccc4c4c([2H])c([2H])c([2H])c([2H])c43)c2[2H])c([2H])c1[2H]. The van der Waals surface area contributed by atoms with Crippen LogP contribution in [-0.2, 0) is 0 Å². The highest BCUT2D eigenvalue weighted by atomic mass is 15.2. The summed E-state index contributed by atoms with van der Waals surface area (Å²) in [6, 6.07) is -4.88. The molecule has 0 fully saturated rings. The van der Waals surface area contributed by atoms with Crippen molar-refractivity contribution < 1.29 is 28.8 Å². The minimum atomic E-state index is -0.783. The molecule has 0 bridgehead atoms. The number of aromatic nitrogens is 7. The second-order valence-electron chi connectivity index (χ2n) is 12.8. The molecule has 6 aromatic carbocycles. The smallest absolute Gasteiger partial charge is 0.235 e. The molecule has 0 aliphatic carbocycles. The Labute approximate surface area is 355 Å². The van der Waals surface area contributed by atoms with Crippen molar-refractivity contribution in [3.63, 3.8) is 0 Å². The van der Waals surface area contributed by atoms with E-state index in [1.165, 1.54) is 52.1 Å². The van der Waals surface area contributed by atoms with Crippen LogP contribution in [0.1, 0.15) is 28.8 Å². The van der Waals surface area contributed by atoms with Gasteiger partial charge in [-0.25, -0.2) is 9.97 Å². The van der Waals surface area contributed by atoms with Crippen molar-refractivity contribution in [1.29, 1.82) is 0 Å². The van der Waals surface area contributed by atoms with Crippen molar-refractivity contribution in [2.24, 2.45) is 0 Å². The summed E-state index contributed by atoms with van der Waals surface area (Å²) < 4.78 is 194. The normalized spacial score (nSPS) is 17.0. The van der Waals surface area contributed by atoms with E-state index in [2.05, 4.69) is 9.97 Å². The van der Waals surface area contributed by atoms with Crippen LogP contribution in [0.5, 0.6) is 0 Å². The average molecular weight is 751 g/mol. The third-order valence-electron chi connectivity index (χ3n) is 9.82. The molecule has 0 atom stereocenters. The molecule has 7 nitrogen and oxygen atoms in total. The van der Waals surface area contributed by atoms with Gasteiger partial charge >= 0.3 is 0 Å². The molecule has 6 heterocycles. The summed E-state index contributed by atoms with van der Waals surface area (Å²) in [5, 5.41) is -0.0548. The van der Waals surface area contributed by atoms with E-state index >= 15 is 0 Å². The summed E-state index contributed by atoms with van der Waals surface area (Å²) in [5.41, 5.74) is -2.45. The topological polar surface area (TPSA) is 66.3 Å². The molecule has 266 valence electrons. The number of nitrogens with zero attached hydrogens (tertiary/aromatic N) is 7. The number of hydrogen-bond acceptors (Lipinski definition) is 4. The fourth-order valence-corrected chi connectivity index (χ4v) is 7.52. The van der Waals surface area contributed by atoms with Gasteiger partial charge in [0.1, 0.15) is 0 Å². The van der Waals surface area contributed by atoms with Gasteiger partial charge in [0.25, 0.3) is 0 Å². The molecule has 0 N–H and O–H groups in total. The zero-order valence-electron chi connectivity index (χ0n) is 49.9. The van der Waals surface area contributed by atoms with Crippen molar-refractivity contribution in [2.75, 3.05) is 0 Å². The van der Waals surface area contributed by atoms with Gasteiger partial charge in [0.2, 0.25) is 5.95 Å². The van der Waals surface area contributed by atoms with Gasteiger partial charge in [-0.05, 0) is 48.4 Å². The Morgan fingerprint density at radius 3 is 1.60 bits per heavy atom. The van der Waals surface area contributed by atoms with E-state index in [4.69, 9.17) is 30.5 Å². The highest BCUT2D eigenvalue weighted by Gasteiger charge is 2.24. The summed E-state index contributed by atoms with van der Waals surface area (Å²) in [6.45, 7) is 0. The molecule has 0 aliphatic heterocycles. The Morgan fingerprint density at radius 1 is 0.421 bits per heavy atom. The van der Waals surface area contributed by atoms with Crippen molar-refractivity contribution in [3.05, 3.63) is 188 Å². The summed E-state index contributed by atoms with van der Waals surface area (Å²) in [6.07, 6.45) is 5.65. The second-order valence-corrected chi connectivity index (χ2v) is 12.8. The van der Waals surface area contributed by atoms with E-state index in [1.807, 2.05) is 0 Å². The van der Waals surface area contributed by atoms with Crippen molar-refractivity contribution in [1.82, 2.24) is 33.6 Å². The van der Waals surface area contributed by atoms with E-state index in [0.29, 0.717) is 5.39 Å². The van der Waals surface area contributed by atoms with Crippen LogP contribution in [-0.4, -0.2) is 33.6 Å². The van der Waals surface area contributed by atoms with Crippen LogP contribution in [0.2, 0.25) is 0 Å². The van der Waals surface area contributed by atoms with Crippen molar-refractivity contribution in [2.45, 2.75) is 0 Å². The van der Waals surface area contributed by atoms with Gasteiger partial charge in [-0.2, -0.15) is 0 Å². The molecule has 12 rings (SSSR count). The molecule has 0 amide bonds. The van der Waals surface area contributed by atoms with Crippen LogP contribution in [0.15, 0.2) is 188 Å². The first kappa shape index (κ1) is 17.3. The molecular weight excluding hydrogens is 699 g/mol. The number of rotatable bonds is 5. The van der Waals surface area contributed by atoms with Crippen molar-refractivity contribution in [3.8, 4) is 39.8 Å². The predicted octanol–water partition coefficient (Wildman–Crippen LogP) is 11.9. The lowest BCUT2D eigenvalue weighted by Gasteiger charge is -2.21. The highest BCUT2D eigenvalue weighted by molar-refractivity contribution is 6.12. The number of hydrogen-bond donors (Lipinski definition) is 0. The molecule has 0 radical (unpaired) electrons. The fraction of sp³-hybridized carbons (Fsp3) is 0. The van der Waals surface area contributed by atoms with Gasteiger partial charge in [0, 0.05) is 55.8 Å². The fourth-order valence-electron chi connectivity index (χ4n) is 7.52. The van der Waals surface area contributed by atoms with Crippen LogP contribution in [0.4, 0.5) is 0 Å². The van der Waals surface area contributed by atoms with Gasteiger partial charge in [-0.3, -0.25) is 14.5 Å². The summed E-state index contributed by atoms with van der Waals surface area (Å²) in [4.78, 5) is 18.4. The van der Waals surface area contributed by atoms with E-state index in [-0.39, 0.29) is 65.9 Å². The first-order chi connectivity index (χ1) is 37.0. The Hall–Kier alpha value is -7.90. The summed E-state index contributed by atoms with van der Waals surface area (Å²) >= 11 is 0. The Balaban J connectivity index is 1.36. The van der Waals surface area contributed by atoms with Gasteiger partial charge in [0.05, 0.1) is 97.0 Å². The van der Waals surface area contributed by atoms with E-state index in [9.17, 15) is 8.22 Å². The van der Waals surface area contributed by atoms with E-state index in [1.54, 1.807) is 12.1 Å². The third-order valence-corrected chi connectivity index (χ3v) is 9.82. The molecule has 0 spiro atoms. The minimum absolute atomic E-state index is 0.0184. The van der Waals surface area contributed by atoms with Gasteiger partial charge < -0.3 is 9.13 Å². The quantitative estimate of drug-likeness (QED) is 0.176. The second kappa shape index (κ2) is 12.3. The number of para-hydroxylation sites is 5. The minimum Gasteiger partial charge on any atom is -0.306 e. The van der Waals surface area contributed by atoms with Gasteiger partial charge in [-0.1, -0.05) is 115 Å². The maximum absolute atomic E-state index is 10.2. The lowest BCUT2D eigenvalue weighted by atomic mass is 10.0. The number of pyridine rings is 2.